The van der Waals surface area contributed by atoms with E-state index in [1.807, 2.05) is 20.8 Å². The Labute approximate surface area is 115 Å². The molecule has 0 aliphatic heterocycles. The average Bonchev–Trinajstić information content (AvgIpc) is 2.70. The van der Waals surface area contributed by atoms with Crippen LogP contribution in [0.25, 0.3) is 0 Å². The fourth-order valence-corrected chi connectivity index (χ4v) is 2.69. The maximum absolute atomic E-state index is 10.7. The minimum absolute atomic E-state index is 0.375. The van der Waals surface area contributed by atoms with E-state index in [-0.39, 0.29) is 5.54 Å². The highest BCUT2D eigenvalue weighted by atomic mass is 35.5. The van der Waals surface area contributed by atoms with Gasteiger partial charge in [0.15, 0.2) is 0 Å². The molecule has 18 heavy (non-hydrogen) atoms. The van der Waals surface area contributed by atoms with Crippen LogP contribution in [0.2, 0.25) is 5.02 Å². The normalized spacial score (nSPS) is 14.2. The minimum atomic E-state index is -0.660. The van der Waals surface area contributed by atoms with Crippen LogP contribution in [0.3, 0.4) is 0 Å². The quantitative estimate of drug-likeness (QED) is 0.866. The number of aliphatic hydroxyl groups is 1. The predicted octanol–water partition coefficient (Wildman–Crippen LogP) is 2.71. The standard InChI is InChI=1S/C13H24ClN3O/c1-6-16(7-2)13(4,5)12(18)11-10(14)9-15-17(11)8-3/h9,12,18H,6-8H2,1-5H3. The Morgan fingerprint density at radius 1 is 1.39 bits per heavy atom. The van der Waals surface area contributed by atoms with Crippen molar-refractivity contribution in [2.75, 3.05) is 13.1 Å². The molecule has 104 valence electrons. The Bertz CT molecular complexity index is 386. The van der Waals surface area contributed by atoms with Gasteiger partial charge in [-0.3, -0.25) is 9.58 Å². The van der Waals surface area contributed by atoms with E-state index in [1.54, 1.807) is 10.9 Å². The number of aliphatic hydroxyl groups excluding tert-OH is 1. The lowest BCUT2D eigenvalue weighted by Gasteiger charge is -2.41. The van der Waals surface area contributed by atoms with Crippen LogP contribution in [-0.4, -0.2) is 38.4 Å². The smallest absolute Gasteiger partial charge is 0.115 e. The Morgan fingerprint density at radius 2 is 1.94 bits per heavy atom. The van der Waals surface area contributed by atoms with Gasteiger partial charge in [-0.25, -0.2) is 0 Å². The average molecular weight is 274 g/mol. The van der Waals surface area contributed by atoms with E-state index in [1.165, 1.54) is 0 Å². The van der Waals surface area contributed by atoms with E-state index in [9.17, 15) is 5.11 Å². The van der Waals surface area contributed by atoms with Crippen LogP contribution in [0.15, 0.2) is 6.20 Å². The Morgan fingerprint density at radius 3 is 2.39 bits per heavy atom. The van der Waals surface area contributed by atoms with Crippen molar-refractivity contribution in [3.05, 3.63) is 16.9 Å². The molecule has 0 fully saturated rings. The van der Waals surface area contributed by atoms with Crippen molar-refractivity contribution in [2.24, 2.45) is 0 Å². The van der Waals surface area contributed by atoms with Crippen LogP contribution in [0.1, 0.15) is 46.4 Å². The van der Waals surface area contributed by atoms with Crippen LogP contribution in [0.4, 0.5) is 0 Å². The summed E-state index contributed by atoms with van der Waals surface area (Å²) in [5.74, 6) is 0. The molecule has 4 nitrogen and oxygen atoms in total. The molecule has 1 aromatic heterocycles. The molecular weight excluding hydrogens is 250 g/mol. The van der Waals surface area contributed by atoms with Crippen LogP contribution in [-0.2, 0) is 6.54 Å². The highest BCUT2D eigenvalue weighted by Gasteiger charge is 2.36. The Balaban J connectivity index is 3.11. The van der Waals surface area contributed by atoms with Gasteiger partial charge in [0.1, 0.15) is 6.10 Å². The molecular formula is C13H24ClN3O. The highest BCUT2D eigenvalue weighted by molar-refractivity contribution is 6.31. The summed E-state index contributed by atoms with van der Waals surface area (Å²) in [7, 11) is 0. The predicted molar refractivity (Wildman–Crippen MR) is 74.9 cm³/mol. The van der Waals surface area contributed by atoms with E-state index >= 15 is 0 Å². The first-order valence-corrected chi connectivity index (χ1v) is 6.92. The van der Waals surface area contributed by atoms with Crippen LogP contribution in [0, 0.1) is 0 Å². The zero-order valence-corrected chi connectivity index (χ0v) is 12.7. The monoisotopic (exact) mass is 273 g/mol. The summed E-state index contributed by atoms with van der Waals surface area (Å²) < 4.78 is 1.76. The first-order valence-electron chi connectivity index (χ1n) is 6.54. The van der Waals surface area contributed by atoms with E-state index in [0.29, 0.717) is 17.3 Å². The van der Waals surface area contributed by atoms with Gasteiger partial charge in [0.25, 0.3) is 0 Å². The van der Waals surface area contributed by atoms with Crippen LogP contribution in [0.5, 0.6) is 0 Å². The summed E-state index contributed by atoms with van der Waals surface area (Å²) in [5, 5.41) is 15.4. The summed E-state index contributed by atoms with van der Waals surface area (Å²) in [6, 6.07) is 0. The Kier molecular flexibility index (Phi) is 5.20. The maximum atomic E-state index is 10.7. The van der Waals surface area contributed by atoms with Crippen LogP contribution < -0.4 is 0 Å². The molecule has 1 unspecified atom stereocenters. The largest absolute Gasteiger partial charge is 0.385 e. The lowest BCUT2D eigenvalue weighted by molar-refractivity contribution is -0.0110. The summed E-state index contributed by atoms with van der Waals surface area (Å²) in [4.78, 5) is 2.22. The molecule has 5 heteroatoms. The van der Waals surface area contributed by atoms with Crippen molar-refractivity contribution >= 4 is 11.6 Å². The number of hydrogen-bond acceptors (Lipinski definition) is 3. The molecule has 1 aromatic rings. The van der Waals surface area contributed by atoms with E-state index in [4.69, 9.17) is 11.6 Å². The van der Waals surface area contributed by atoms with Gasteiger partial charge < -0.3 is 5.11 Å². The number of aryl methyl sites for hydroxylation is 1. The van der Waals surface area contributed by atoms with Gasteiger partial charge in [-0.2, -0.15) is 5.10 Å². The summed E-state index contributed by atoms with van der Waals surface area (Å²) in [6.45, 7) is 12.7. The summed E-state index contributed by atoms with van der Waals surface area (Å²) >= 11 is 6.15. The lowest BCUT2D eigenvalue weighted by atomic mass is 9.92. The van der Waals surface area contributed by atoms with Gasteiger partial charge in [-0.15, -0.1) is 0 Å². The molecule has 0 bridgehead atoms. The van der Waals surface area contributed by atoms with Gasteiger partial charge in [0, 0.05) is 12.1 Å². The van der Waals surface area contributed by atoms with Gasteiger partial charge in [-0.05, 0) is 33.9 Å². The van der Waals surface area contributed by atoms with E-state index in [0.717, 1.165) is 13.1 Å². The third-order valence-corrected chi connectivity index (χ3v) is 3.93. The third kappa shape index (κ3) is 2.71. The van der Waals surface area contributed by atoms with Crippen LogP contribution >= 0.6 is 11.6 Å². The molecule has 1 atom stereocenters. The highest BCUT2D eigenvalue weighted by Crippen LogP contribution is 2.34. The second-order valence-electron chi connectivity index (χ2n) is 4.92. The van der Waals surface area contributed by atoms with Gasteiger partial charge in [-0.1, -0.05) is 25.4 Å². The minimum Gasteiger partial charge on any atom is -0.385 e. The lowest BCUT2D eigenvalue weighted by Crippen LogP contribution is -2.48. The summed E-state index contributed by atoms with van der Waals surface area (Å²) in [6.07, 6.45) is 0.939. The second-order valence-corrected chi connectivity index (χ2v) is 5.33. The molecule has 0 saturated carbocycles. The molecule has 0 amide bonds. The third-order valence-electron chi connectivity index (χ3n) is 3.64. The molecule has 1 heterocycles. The topological polar surface area (TPSA) is 41.3 Å². The number of rotatable bonds is 6. The number of likely N-dealkylation sites (N-methyl/N-ethyl adjacent to an activating group) is 1. The van der Waals surface area contributed by atoms with Crippen molar-refractivity contribution in [1.82, 2.24) is 14.7 Å². The fraction of sp³-hybridized carbons (Fsp3) is 0.769. The molecule has 0 aliphatic rings. The molecule has 1 N–H and O–H groups in total. The Hall–Kier alpha value is -0.580. The molecule has 0 spiro atoms. The maximum Gasteiger partial charge on any atom is 0.115 e. The first-order chi connectivity index (χ1) is 8.39. The van der Waals surface area contributed by atoms with Crippen molar-refractivity contribution < 1.29 is 5.11 Å². The van der Waals surface area contributed by atoms with Gasteiger partial charge in [0.2, 0.25) is 0 Å². The van der Waals surface area contributed by atoms with Gasteiger partial charge >= 0.3 is 0 Å². The number of nitrogens with zero attached hydrogens (tertiary/aromatic N) is 3. The molecule has 0 radical (unpaired) electrons. The van der Waals surface area contributed by atoms with Crippen molar-refractivity contribution in [1.29, 1.82) is 0 Å². The number of aromatic nitrogens is 2. The van der Waals surface area contributed by atoms with E-state index < -0.39 is 6.10 Å². The zero-order chi connectivity index (χ0) is 13.9. The van der Waals surface area contributed by atoms with E-state index in [2.05, 4.69) is 23.8 Å². The van der Waals surface area contributed by atoms with Gasteiger partial charge in [0.05, 0.1) is 16.9 Å². The SMILES string of the molecule is CCN(CC)C(C)(C)C(O)c1c(Cl)cnn1CC. The van der Waals surface area contributed by atoms with Crippen molar-refractivity contribution in [2.45, 2.75) is 52.8 Å². The zero-order valence-electron chi connectivity index (χ0n) is 11.9. The molecule has 0 aliphatic carbocycles. The first kappa shape index (κ1) is 15.5. The number of halogens is 1. The molecule has 1 rings (SSSR count). The fourth-order valence-electron chi connectivity index (χ4n) is 2.44. The second kappa shape index (κ2) is 6.04. The van der Waals surface area contributed by atoms with Crippen molar-refractivity contribution in [3.63, 3.8) is 0 Å². The molecule has 0 saturated heterocycles. The number of hydrogen-bond donors (Lipinski definition) is 1. The molecule has 0 aromatic carbocycles. The summed E-state index contributed by atoms with van der Waals surface area (Å²) in [5.41, 5.74) is 0.330. The van der Waals surface area contributed by atoms with Crippen molar-refractivity contribution in [3.8, 4) is 0 Å².